The lowest BCUT2D eigenvalue weighted by molar-refractivity contribution is 0.479. The number of thiocarbonyl (C=S) groups is 1. The Morgan fingerprint density at radius 1 is 1.44 bits per heavy atom. The van der Waals surface area contributed by atoms with E-state index in [4.69, 9.17) is 23.8 Å². The molecule has 0 radical (unpaired) electrons. The van der Waals surface area contributed by atoms with Gasteiger partial charge in [-0.3, -0.25) is 0 Å². The zero-order valence-corrected chi connectivity index (χ0v) is 12.9. The zero-order valence-electron chi connectivity index (χ0n) is 9.70. The Labute approximate surface area is 125 Å². The standard InChI is InChI=1S/C12H13ClFNS3/c13-10-2-1-3-11(14)9(10)8-18-12(16)15-4-6-17-7-5-15/h1-3H,4-8H2. The predicted octanol–water partition coefficient (Wildman–Crippen LogP) is 4.05. The molecule has 6 heteroatoms. The van der Waals surface area contributed by atoms with E-state index in [0.717, 1.165) is 28.9 Å². The molecule has 1 aromatic carbocycles. The van der Waals surface area contributed by atoms with Gasteiger partial charge in [0.2, 0.25) is 0 Å². The van der Waals surface area contributed by atoms with Gasteiger partial charge in [0.15, 0.2) is 0 Å². The first-order valence-corrected chi connectivity index (χ1v) is 8.53. The van der Waals surface area contributed by atoms with E-state index >= 15 is 0 Å². The molecule has 1 saturated heterocycles. The highest BCUT2D eigenvalue weighted by molar-refractivity contribution is 8.22. The van der Waals surface area contributed by atoms with Crippen LogP contribution in [0.1, 0.15) is 5.56 Å². The van der Waals surface area contributed by atoms with Crippen molar-refractivity contribution in [3.05, 3.63) is 34.6 Å². The molecule has 1 aliphatic heterocycles. The fourth-order valence-electron chi connectivity index (χ4n) is 1.64. The van der Waals surface area contributed by atoms with E-state index in [1.807, 2.05) is 11.8 Å². The van der Waals surface area contributed by atoms with Gasteiger partial charge in [-0.2, -0.15) is 11.8 Å². The van der Waals surface area contributed by atoms with Gasteiger partial charge >= 0.3 is 0 Å². The van der Waals surface area contributed by atoms with E-state index in [-0.39, 0.29) is 5.82 Å². The van der Waals surface area contributed by atoms with Crippen LogP contribution in [0.5, 0.6) is 0 Å². The highest BCUT2D eigenvalue weighted by Crippen LogP contribution is 2.26. The second-order valence-electron chi connectivity index (χ2n) is 3.85. The van der Waals surface area contributed by atoms with E-state index in [1.54, 1.807) is 12.1 Å². The van der Waals surface area contributed by atoms with Gasteiger partial charge in [0.25, 0.3) is 0 Å². The number of thioether (sulfide) groups is 2. The number of hydrogen-bond donors (Lipinski definition) is 0. The molecule has 1 fully saturated rings. The molecule has 18 heavy (non-hydrogen) atoms. The van der Waals surface area contributed by atoms with Crippen LogP contribution in [0.2, 0.25) is 5.02 Å². The van der Waals surface area contributed by atoms with Crippen molar-refractivity contribution in [3.63, 3.8) is 0 Å². The number of nitrogens with zero attached hydrogens (tertiary/aromatic N) is 1. The monoisotopic (exact) mass is 321 g/mol. The second-order valence-corrected chi connectivity index (χ2v) is 7.10. The Bertz CT molecular complexity index is 415. The van der Waals surface area contributed by atoms with Crippen molar-refractivity contribution >= 4 is 51.7 Å². The lowest BCUT2D eigenvalue weighted by Gasteiger charge is -2.28. The number of halogens is 2. The highest BCUT2D eigenvalue weighted by Gasteiger charge is 2.15. The Morgan fingerprint density at radius 2 is 2.17 bits per heavy atom. The maximum Gasteiger partial charge on any atom is 0.136 e. The number of benzene rings is 1. The maximum atomic E-state index is 13.6. The van der Waals surface area contributed by atoms with Gasteiger partial charge in [-0.1, -0.05) is 41.6 Å². The van der Waals surface area contributed by atoms with Crippen LogP contribution in [0.15, 0.2) is 18.2 Å². The zero-order chi connectivity index (χ0) is 13.0. The van der Waals surface area contributed by atoms with E-state index in [1.165, 1.54) is 17.8 Å². The predicted molar refractivity (Wildman–Crippen MR) is 84.2 cm³/mol. The Kier molecular flexibility index (Phi) is 5.60. The third-order valence-electron chi connectivity index (χ3n) is 2.67. The van der Waals surface area contributed by atoms with Crippen molar-refractivity contribution < 1.29 is 4.39 Å². The molecule has 0 saturated carbocycles. The minimum absolute atomic E-state index is 0.257. The van der Waals surface area contributed by atoms with Gasteiger partial charge in [-0.05, 0) is 12.1 Å². The van der Waals surface area contributed by atoms with Crippen LogP contribution in [0.4, 0.5) is 4.39 Å². The third-order valence-corrected chi connectivity index (χ3v) is 5.52. The lowest BCUT2D eigenvalue weighted by atomic mass is 10.2. The first-order chi connectivity index (χ1) is 8.68. The normalized spacial score (nSPS) is 15.8. The topological polar surface area (TPSA) is 3.24 Å². The number of hydrogen-bond acceptors (Lipinski definition) is 3. The van der Waals surface area contributed by atoms with Gasteiger partial charge in [0.1, 0.15) is 10.1 Å². The van der Waals surface area contributed by atoms with Gasteiger partial charge in [-0.25, -0.2) is 4.39 Å². The Morgan fingerprint density at radius 3 is 2.83 bits per heavy atom. The molecule has 0 spiro atoms. The minimum atomic E-state index is -0.257. The molecule has 1 heterocycles. The summed E-state index contributed by atoms with van der Waals surface area (Å²) < 4.78 is 14.4. The molecule has 1 aliphatic rings. The molecule has 0 unspecified atom stereocenters. The largest absolute Gasteiger partial charge is 0.356 e. The lowest BCUT2D eigenvalue weighted by Crippen LogP contribution is -2.35. The van der Waals surface area contributed by atoms with E-state index in [0.29, 0.717) is 16.3 Å². The van der Waals surface area contributed by atoms with Crippen molar-refractivity contribution in [2.45, 2.75) is 5.75 Å². The molecule has 0 amide bonds. The molecule has 0 atom stereocenters. The first-order valence-electron chi connectivity index (χ1n) is 5.61. The van der Waals surface area contributed by atoms with E-state index in [9.17, 15) is 4.39 Å². The summed E-state index contributed by atoms with van der Waals surface area (Å²) >= 11 is 14.8. The minimum Gasteiger partial charge on any atom is -0.356 e. The van der Waals surface area contributed by atoms with Crippen LogP contribution >= 0.6 is 47.3 Å². The number of rotatable bonds is 2. The first kappa shape index (κ1) is 14.4. The van der Waals surface area contributed by atoms with Crippen molar-refractivity contribution in [2.24, 2.45) is 0 Å². The summed E-state index contributed by atoms with van der Waals surface area (Å²) in [5.74, 6) is 2.46. The summed E-state index contributed by atoms with van der Waals surface area (Å²) in [6, 6.07) is 4.76. The Balaban J connectivity index is 1.92. The van der Waals surface area contributed by atoms with Crippen molar-refractivity contribution in [1.29, 1.82) is 0 Å². The maximum absolute atomic E-state index is 13.6. The van der Waals surface area contributed by atoms with Gasteiger partial charge in [-0.15, -0.1) is 0 Å². The molecule has 0 aromatic heterocycles. The van der Waals surface area contributed by atoms with Crippen molar-refractivity contribution in [3.8, 4) is 0 Å². The summed E-state index contributed by atoms with van der Waals surface area (Å²) in [6.45, 7) is 1.98. The second kappa shape index (κ2) is 6.98. The molecule has 0 aliphatic carbocycles. The molecule has 0 N–H and O–H groups in total. The molecule has 1 nitrogen and oxygen atoms in total. The third kappa shape index (κ3) is 3.76. The van der Waals surface area contributed by atoms with Gasteiger partial charge < -0.3 is 4.90 Å². The smallest absolute Gasteiger partial charge is 0.136 e. The van der Waals surface area contributed by atoms with E-state index < -0.39 is 0 Å². The summed E-state index contributed by atoms with van der Waals surface area (Å²) in [7, 11) is 0. The fraction of sp³-hybridized carbons (Fsp3) is 0.417. The summed E-state index contributed by atoms with van der Waals surface area (Å²) in [4.78, 5) is 2.19. The average molecular weight is 322 g/mol. The van der Waals surface area contributed by atoms with Gasteiger partial charge in [0.05, 0.1) is 0 Å². The highest BCUT2D eigenvalue weighted by atomic mass is 35.5. The van der Waals surface area contributed by atoms with Gasteiger partial charge in [0, 0.05) is 40.9 Å². The van der Waals surface area contributed by atoms with Crippen molar-refractivity contribution in [2.75, 3.05) is 24.6 Å². The average Bonchev–Trinajstić information content (AvgIpc) is 2.39. The summed E-state index contributed by atoms with van der Waals surface area (Å²) in [5, 5.41) is 0.472. The molecular weight excluding hydrogens is 309 g/mol. The van der Waals surface area contributed by atoms with Crippen LogP contribution in [0, 0.1) is 5.82 Å². The van der Waals surface area contributed by atoms with Crippen LogP contribution in [-0.2, 0) is 5.75 Å². The molecular formula is C12H13ClFNS3. The molecule has 0 bridgehead atoms. The van der Waals surface area contributed by atoms with Crippen molar-refractivity contribution in [1.82, 2.24) is 4.90 Å². The summed E-state index contributed by atoms with van der Waals surface area (Å²) in [5.41, 5.74) is 0.540. The quantitative estimate of drug-likeness (QED) is 0.756. The van der Waals surface area contributed by atoms with E-state index in [2.05, 4.69) is 4.90 Å². The molecule has 98 valence electrons. The molecule has 1 aromatic rings. The van der Waals surface area contributed by atoms with Crippen LogP contribution < -0.4 is 0 Å². The Hall–Kier alpha value is 0.0300. The van der Waals surface area contributed by atoms with Crippen LogP contribution in [0.25, 0.3) is 0 Å². The SMILES string of the molecule is Fc1cccc(Cl)c1CSC(=S)N1CCSCC1. The molecule has 2 rings (SSSR count). The van der Waals surface area contributed by atoms with Crippen LogP contribution in [-0.4, -0.2) is 33.8 Å². The summed E-state index contributed by atoms with van der Waals surface area (Å²) in [6.07, 6.45) is 0. The van der Waals surface area contributed by atoms with Crippen LogP contribution in [0.3, 0.4) is 0 Å². The fourth-order valence-corrected chi connectivity index (χ4v) is 4.14.